The molecule has 0 aliphatic rings. The number of carbonyl (C=O) groups is 4. The zero-order valence-electron chi connectivity index (χ0n) is 17.1. The molecular weight excluding hydrogens is 452 g/mol. The number of amides is 2. The van der Waals surface area contributed by atoms with Gasteiger partial charge in [-0.25, -0.2) is 4.79 Å². The van der Waals surface area contributed by atoms with Gasteiger partial charge in [0.05, 0.1) is 17.2 Å². The van der Waals surface area contributed by atoms with Crippen LogP contribution in [0.3, 0.4) is 0 Å². The smallest absolute Gasteiger partial charge is 0.350 e. The van der Waals surface area contributed by atoms with E-state index in [1.54, 1.807) is 30.5 Å². The molecule has 2 amide bonds. The number of hydrogen-bond acceptors (Lipinski definition) is 8. The molecule has 2 aromatic heterocycles. The molecule has 2 N–H and O–H groups in total. The Morgan fingerprint density at radius 2 is 1.78 bits per heavy atom. The molecule has 3 rings (SSSR count). The third-order valence-corrected chi connectivity index (χ3v) is 6.06. The topological polar surface area (TPSA) is 111 Å². The molecule has 0 saturated heterocycles. The molecular formula is C22H20N2O6S2. The molecule has 0 spiro atoms. The summed E-state index contributed by atoms with van der Waals surface area (Å²) in [7, 11) is 0. The van der Waals surface area contributed by atoms with Crippen molar-refractivity contribution < 1.29 is 28.7 Å². The van der Waals surface area contributed by atoms with Gasteiger partial charge in [0.25, 0.3) is 11.8 Å². The second-order valence-electron chi connectivity index (χ2n) is 6.31. The van der Waals surface area contributed by atoms with E-state index in [1.807, 2.05) is 30.3 Å². The van der Waals surface area contributed by atoms with Crippen LogP contribution >= 0.6 is 22.7 Å². The molecule has 0 aliphatic carbocycles. The summed E-state index contributed by atoms with van der Waals surface area (Å²) in [6.07, 6.45) is 0. The molecule has 0 aliphatic heterocycles. The highest BCUT2D eigenvalue weighted by Gasteiger charge is 2.20. The van der Waals surface area contributed by atoms with Gasteiger partial charge in [-0.05, 0) is 30.0 Å². The average Bonchev–Trinajstić information content (AvgIpc) is 3.47. The Morgan fingerprint density at radius 1 is 1.00 bits per heavy atom. The Hall–Kier alpha value is -3.50. The van der Waals surface area contributed by atoms with Crippen molar-refractivity contribution in [2.75, 3.05) is 25.1 Å². The quantitative estimate of drug-likeness (QED) is 0.461. The van der Waals surface area contributed by atoms with Gasteiger partial charge in [0.2, 0.25) is 0 Å². The second kappa shape index (κ2) is 11.2. The lowest BCUT2D eigenvalue weighted by molar-refractivity contribution is -0.146. The van der Waals surface area contributed by atoms with Crippen LogP contribution in [0.2, 0.25) is 0 Å². The third kappa shape index (κ3) is 6.25. The number of anilines is 1. The molecule has 0 radical (unpaired) electrons. The molecule has 0 saturated carbocycles. The highest BCUT2D eigenvalue weighted by Crippen LogP contribution is 2.35. The first kappa shape index (κ1) is 23.2. The summed E-state index contributed by atoms with van der Waals surface area (Å²) in [5.41, 5.74) is 1.16. The monoisotopic (exact) mass is 472 g/mol. The van der Waals surface area contributed by atoms with E-state index in [2.05, 4.69) is 10.6 Å². The van der Waals surface area contributed by atoms with Gasteiger partial charge in [-0.3, -0.25) is 14.4 Å². The third-order valence-electron chi connectivity index (χ3n) is 4.03. The maximum Gasteiger partial charge on any atom is 0.350 e. The van der Waals surface area contributed by atoms with Crippen LogP contribution in [0.4, 0.5) is 5.69 Å². The minimum atomic E-state index is -0.758. The molecule has 8 nitrogen and oxygen atoms in total. The summed E-state index contributed by atoms with van der Waals surface area (Å²) in [5, 5.41) is 6.76. The maximum atomic E-state index is 12.3. The summed E-state index contributed by atoms with van der Waals surface area (Å²) < 4.78 is 9.99. The molecule has 10 heteroatoms. The van der Waals surface area contributed by atoms with E-state index in [-0.39, 0.29) is 23.7 Å². The van der Waals surface area contributed by atoms with E-state index < -0.39 is 30.4 Å². The van der Waals surface area contributed by atoms with Gasteiger partial charge in [-0.1, -0.05) is 36.4 Å². The second-order valence-corrected chi connectivity index (χ2v) is 8.31. The first-order valence-electron chi connectivity index (χ1n) is 9.61. The molecule has 0 atom stereocenters. The summed E-state index contributed by atoms with van der Waals surface area (Å²) in [6.45, 7) is 0.958. The van der Waals surface area contributed by atoms with Crippen LogP contribution in [0.15, 0.2) is 53.9 Å². The Bertz CT molecular complexity index is 1090. The lowest BCUT2D eigenvalue weighted by Crippen LogP contribution is -2.31. The number of rotatable bonds is 9. The standard InChI is InChI=1S/C22H20N2O6S2/c1-2-29-22(28)20-15(11-17(32-20)14-7-4-3-5-8-14)24-18(25)13-30-19(26)12-23-21(27)16-9-6-10-31-16/h3-11H,2,12-13H2,1H3,(H,23,27)(H,24,25). The molecule has 2 heterocycles. The van der Waals surface area contributed by atoms with Crippen molar-refractivity contribution in [3.63, 3.8) is 0 Å². The van der Waals surface area contributed by atoms with E-state index in [0.29, 0.717) is 4.88 Å². The van der Waals surface area contributed by atoms with Gasteiger partial charge in [-0.2, -0.15) is 0 Å². The summed E-state index contributed by atoms with van der Waals surface area (Å²) in [5.74, 6) is -2.33. The molecule has 3 aromatic rings. The Morgan fingerprint density at radius 3 is 2.47 bits per heavy atom. The van der Waals surface area contributed by atoms with Crippen LogP contribution in [0, 0.1) is 0 Å². The zero-order valence-corrected chi connectivity index (χ0v) is 18.7. The van der Waals surface area contributed by atoms with E-state index >= 15 is 0 Å². The predicted molar refractivity (Wildman–Crippen MR) is 122 cm³/mol. The fourth-order valence-electron chi connectivity index (χ4n) is 2.61. The Labute approximate surface area is 192 Å². The van der Waals surface area contributed by atoms with Crippen LogP contribution in [0.25, 0.3) is 10.4 Å². The largest absolute Gasteiger partial charge is 0.462 e. The highest BCUT2D eigenvalue weighted by atomic mass is 32.1. The van der Waals surface area contributed by atoms with Crippen molar-refractivity contribution >= 4 is 52.1 Å². The van der Waals surface area contributed by atoms with Crippen LogP contribution in [-0.2, 0) is 19.1 Å². The van der Waals surface area contributed by atoms with Crippen LogP contribution in [-0.4, -0.2) is 43.5 Å². The number of carbonyl (C=O) groups excluding carboxylic acids is 4. The number of esters is 2. The van der Waals surface area contributed by atoms with Crippen molar-refractivity contribution in [3.05, 3.63) is 63.7 Å². The van der Waals surface area contributed by atoms with Gasteiger partial charge < -0.3 is 20.1 Å². The first-order valence-corrected chi connectivity index (χ1v) is 11.3. The minimum Gasteiger partial charge on any atom is -0.462 e. The van der Waals surface area contributed by atoms with Crippen molar-refractivity contribution in [3.8, 4) is 10.4 Å². The Balaban J connectivity index is 1.58. The van der Waals surface area contributed by atoms with Crippen molar-refractivity contribution in [1.82, 2.24) is 5.32 Å². The van der Waals surface area contributed by atoms with Crippen molar-refractivity contribution in [2.45, 2.75) is 6.92 Å². The van der Waals surface area contributed by atoms with Gasteiger partial charge in [0.15, 0.2) is 6.61 Å². The molecule has 1 aromatic carbocycles. The summed E-state index contributed by atoms with van der Waals surface area (Å²) in [6, 6.07) is 14.4. The highest BCUT2D eigenvalue weighted by molar-refractivity contribution is 7.18. The molecule has 166 valence electrons. The first-order chi connectivity index (χ1) is 15.5. The van der Waals surface area contributed by atoms with Gasteiger partial charge in [0.1, 0.15) is 11.4 Å². The lowest BCUT2D eigenvalue weighted by atomic mass is 10.2. The lowest BCUT2D eigenvalue weighted by Gasteiger charge is -2.08. The fourth-order valence-corrected chi connectivity index (χ4v) is 4.26. The predicted octanol–water partition coefficient (Wildman–Crippen LogP) is 3.57. The minimum absolute atomic E-state index is 0.194. The van der Waals surface area contributed by atoms with Crippen molar-refractivity contribution in [2.24, 2.45) is 0 Å². The van der Waals surface area contributed by atoms with E-state index in [4.69, 9.17) is 9.47 Å². The normalized spacial score (nSPS) is 10.3. The van der Waals surface area contributed by atoms with Gasteiger partial charge >= 0.3 is 11.9 Å². The average molecular weight is 473 g/mol. The number of nitrogens with one attached hydrogen (secondary N) is 2. The van der Waals surface area contributed by atoms with E-state index in [9.17, 15) is 19.2 Å². The molecule has 0 fully saturated rings. The maximum absolute atomic E-state index is 12.3. The number of ether oxygens (including phenoxy) is 2. The van der Waals surface area contributed by atoms with Crippen LogP contribution < -0.4 is 10.6 Å². The Kier molecular flexibility index (Phi) is 8.12. The number of benzene rings is 1. The number of hydrogen-bond donors (Lipinski definition) is 2. The fraction of sp³-hybridized carbons (Fsp3) is 0.182. The summed E-state index contributed by atoms with van der Waals surface area (Å²) in [4.78, 5) is 49.8. The molecule has 0 unspecified atom stereocenters. The zero-order chi connectivity index (χ0) is 22.9. The van der Waals surface area contributed by atoms with Gasteiger partial charge in [0, 0.05) is 4.88 Å². The van der Waals surface area contributed by atoms with E-state index in [0.717, 1.165) is 10.4 Å². The number of thiophene rings is 2. The van der Waals surface area contributed by atoms with Crippen LogP contribution in [0.1, 0.15) is 26.3 Å². The van der Waals surface area contributed by atoms with Gasteiger partial charge in [-0.15, -0.1) is 22.7 Å². The van der Waals surface area contributed by atoms with Crippen LogP contribution in [0.5, 0.6) is 0 Å². The molecule has 0 bridgehead atoms. The van der Waals surface area contributed by atoms with E-state index in [1.165, 1.54) is 22.7 Å². The SMILES string of the molecule is CCOC(=O)c1sc(-c2ccccc2)cc1NC(=O)COC(=O)CNC(=O)c1cccs1. The van der Waals surface area contributed by atoms with Crippen molar-refractivity contribution in [1.29, 1.82) is 0 Å². The summed E-state index contributed by atoms with van der Waals surface area (Å²) >= 11 is 2.44. The molecule has 32 heavy (non-hydrogen) atoms.